The quantitative estimate of drug-likeness (QED) is 0.702. The van der Waals surface area contributed by atoms with Gasteiger partial charge in [0.05, 0.1) is 0 Å². The van der Waals surface area contributed by atoms with E-state index in [0.717, 1.165) is 32.4 Å². The minimum Gasteiger partial charge on any atom is -0.351 e. The number of rotatable bonds is 2. The van der Waals surface area contributed by atoms with Crippen LogP contribution in [0.3, 0.4) is 0 Å². The van der Waals surface area contributed by atoms with Crippen LogP contribution in [0.1, 0.15) is 25.7 Å². The minimum absolute atomic E-state index is 0.139. The van der Waals surface area contributed by atoms with Gasteiger partial charge in [0, 0.05) is 19.1 Å². The summed E-state index contributed by atoms with van der Waals surface area (Å²) in [6.45, 7) is 2.36. The summed E-state index contributed by atoms with van der Waals surface area (Å²) in [4.78, 5) is 14.0. The molecule has 16 heavy (non-hydrogen) atoms. The van der Waals surface area contributed by atoms with Crippen molar-refractivity contribution < 1.29 is 9.28 Å². The van der Waals surface area contributed by atoms with Crippen LogP contribution in [-0.2, 0) is 4.79 Å². The van der Waals surface area contributed by atoms with Gasteiger partial charge in [-0.15, -0.1) is 9.60 Å². The predicted octanol–water partition coefficient (Wildman–Crippen LogP) is 0.546. The molecule has 2 atom stereocenters. The lowest BCUT2D eigenvalue weighted by molar-refractivity contribution is -0.132. The standard InChI is InChI=1S/C11H20FN3O/c1-14-6-2-4-9(8-14)13-11(16)10-5-3-7-15(10)12/h9-10H,2-8H2,1H3,(H,13,16)/t9-,10?/m1/s1. The van der Waals surface area contributed by atoms with Crippen LogP contribution in [0.5, 0.6) is 0 Å². The average Bonchev–Trinajstić information content (AvgIpc) is 2.64. The van der Waals surface area contributed by atoms with Gasteiger partial charge in [-0.1, -0.05) is 0 Å². The predicted molar refractivity (Wildman–Crippen MR) is 59.5 cm³/mol. The highest BCUT2D eigenvalue weighted by Crippen LogP contribution is 2.18. The van der Waals surface area contributed by atoms with Crippen LogP contribution < -0.4 is 5.32 Å². The first-order valence-electron chi connectivity index (χ1n) is 6.08. The Labute approximate surface area is 95.7 Å². The number of amides is 1. The third kappa shape index (κ3) is 2.71. The van der Waals surface area contributed by atoms with Crippen LogP contribution in [0.25, 0.3) is 0 Å². The Morgan fingerprint density at radius 1 is 1.31 bits per heavy atom. The van der Waals surface area contributed by atoms with E-state index in [-0.39, 0.29) is 11.9 Å². The molecular weight excluding hydrogens is 209 g/mol. The molecule has 0 aromatic rings. The number of hydrogen-bond acceptors (Lipinski definition) is 3. The van der Waals surface area contributed by atoms with Crippen LogP contribution in [0.2, 0.25) is 0 Å². The van der Waals surface area contributed by atoms with E-state index in [1.54, 1.807) is 0 Å². The summed E-state index contributed by atoms with van der Waals surface area (Å²) >= 11 is 0. The zero-order valence-electron chi connectivity index (χ0n) is 9.79. The van der Waals surface area contributed by atoms with Gasteiger partial charge in [-0.2, -0.15) is 0 Å². The highest BCUT2D eigenvalue weighted by molar-refractivity contribution is 5.82. The first-order valence-corrected chi connectivity index (χ1v) is 6.08. The lowest BCUT2D eigenvalue weighted by Gasteiger charge is -2.31. The molecule has 2 aliphatic rings. The molecule has 92 valence electrons. The van der Waals surface area contributed by atoms with Gasteiger partial charge in [0.1, 0.15) is 6.04 Å². The van der Waals surface area contributed by atoms with Gasteiger partial charge in [-0.05, 0) is 39.3 Å². The summed E-state index contributed by atoms with van der Waals surface area (Å²) in [5.41, 5.74) is 0. The van der Waals surface area contributed by atoms with Crippen molar-refractivity contribution in [2.75, 3.05) is 26.7 Å². The monoisotopic (exact) mass is 229 g/mol. The molecule has 1 unspecified atom stereocenters. The van der Waals surface area contributed by atoms with Crippen molar-refractivity contribution in [2.24, 2.45) is 0 Å². The molecule has 2 heterocycles. The van der Waals surface area contributed by atoms with Crippen molar-refractivity contribution in [1.82, 2.24) is 15.3 Å². The number of piperidine rings is 1. The van der Waals surface area contributed by atoms with E-state index < -0.39 is 6.04 Å². The maximum absolute atomic E-state index is 13.2. The van der Waals surface area contributed by atoms with Crippen LogP contribution in [-0.4, -0.2) is 54.7 Å². The van der Waals surface area contributed by atoms with Crippen LogP contribution in [0.4, 0.5) is 4.48 Å². The van der Waals surface area contributed by atoms with Gasteiger partial charge in [-0.25, -0.2) is 0 Å². The van der Waals surface area contributed by atoms with E-state index >= 15 is 0 Å². The van der Waals surface area contributed by atoms with Crippen LogP contribution in [0, 0.1) is 0 Å². The fraction of sp³-hybridized carbons (Fsp3) is 0.909. The molecule has 0 aliphatic carbocycles. The van der Waals surface area contributed by atoms with Crippen molar-refractivity contribution in [3.05, 3.63) is 0 Å². The summed E-state index contributed by atoms with van der Waals surface area (Å²) in [6.07, 6.45) is 3.53. The Morgan fingerprint density at radius 2 is 2.06 bits per heavy atom. The van der Waals surface area contributed by atoms with E-state index in [2.05, 4.69) is 17.3 Å². The molecular formula is C11H20FN3O. The third-order valence-corrected chi connectivity index (χ3v) is 3.46. The first-order chi connectivity index (χ1) is 7.66. The number of likely N-dealkylation sites (N-methyl/N-ethyl adjacent to an activating group) is 1. The summed E-state index contributed by atoms with van der Waals surface area (Å²) < 4.78 is 13.2. The number of likely N-dealkylation sites (tertiary alicyclic amines) is 1. The van der Waals surface area contributed by atoms with Crippen molar-refractivity contribution >= 4 is 5.91 Å². The summed E-state index contributed by atoms with van der Waals surface area (Å²) in [7, 11) is 2.05. The molecule has 0 saturated carbocycles. The van der Waals surface area contributed by atoms with E-state index in [0.29, 0.717) is 18.1 Å². The molecule has 1 amide bonds. The third-order valence-electron chi connectivity index (χ3n) is 3.46. The maximum Gasteiger partial charge on any atom is 0.240 e. The largest absolute Gasteiger partial charge is 0.351 e. The van der Waals surface area contributed by atoms with Crippen molar-refractivity contribution in [2.45, 2.75) is 37.8 Å². The Hall–Kier alpha value is -0.680. The van der Waals surface area contributed by atoms with Crippen molar-refractivity contribution in [1.29, 1.82) is 0 Å². The molecule has 1 N–H and O–H groups in total. The lowest BCUT2D eigenvalue weighted by Crippen LogP contribution is -2.50. The molecule has 5 heteroatoms. The molecule has 2 rings (SSSR count). The molecule has 0 aromatic heterocycles. The molecule has 2 fully saturated rings. The SMILES string of the molecule is CN1CCC[C@@H](NC(=O)C2CCCN2F)C1. The number of carbonyl (C=O) groups excluding carboxylic acids is 1. The average molecular weight is 229 g/mol. The summed E-state index contributed by atoms with van der Waals surface area (Å²) in [5, 5.41) is 3.63. The van der Waals surface area contributed by atoms with Crippen molar-refractivity contribution in [3.63, 3.8) is 0 Å². The zero-order valence-corrected chi connectivity index (χ0v) is 9.79. The zero-order chi connectivity index (χ0) is 11.5. The Morgan fingerprint density at radius 3 is 2.69 bits per heavy atom. The molecule has 2 saturated heterocycles. The molecule has 4 nitrogen and oxygen atoms in total. The van der Waals surface area contributed by atoms with Gasteiger partial charge < -0.3 is 10.2 Å². The first kappa shape index (κ1) is 11.8. The van der Waals surface area contributed by atoms with Gasteiger partial charge >= 0.3 is 0 Å². The normalized spacial score (nSPS) is 32.9. The van der Waals surface area contributed by atoms with Crippen LogP contribution >= 0.6 is 0 Å². The second kappa shape index (κ2) is 5.10. The number of nitrogens with one attached hydrogen (secondary N) is 1. The van der Waals surface area contributed by atoms with Gasteiger partial charge in [-0.3, -0.25) is 4.79 Å². The topological polar surface area (TPSA) is 35.6 Å². The molecule has 0 spiro atoms. The maximum atomic E-state index is 13.2. The molecule has 0 bridgehead atoms. The van der Waals surface area contributed by atoms with E-state index in [9.17, 15) is 9.28 Å². The van der Waals surface area contributed by atoms with Crippen LogP contribution in [0.15, 0.2) is 0 Å². The number of nitrogens with zero attached hydrogens (tertiary/aromatic N) is 2. The fourth-order valence-corrected chi connectivity index (χ4v) is 2.57. The number of halogens is 1. The Bertz CT molecular complexity index is 262. The highest BCUT2D eigenvalue weighted by atomic mass is 19.2. The highest BCUT2D eigenvalue weighted by Gasteiger charge is 2.32. The van der Waals surface area contributed by atoms with Gasteiger partial charge in [0.25, 0.3) is 0 Å². The van der Waals surface area contributed by atoms with Gasteiger partial charge in [0.15, 0.2) is 0 Å². The van der Waals surface area contributed by atoms with Crippen molar-refractivity contribution in [3.8, 4) is 0 Å². The second-order valence-corrected chi connectivity index (χ2v) is 4.89. The Balaban J connectivity index is 1.82. The lowest BCUT2D eigenvalue weighted by atomic mass is 10.1. The molecule has 2 aliphatic heterocycles. The molecule has 0 aromatic carbocycles. The van der Waals surface area contributed by atoms with E-state index in [1.807, 2.05) is 0 Å². The van der Waals surface area contributed by atoms with Gasteiger partial charge in [0.2, 0.25) is 5.91 Å². The van der Waals surface area contributed by atoms with E-state index in [4.69, 9.17) is 0 Å². The smallest absolute Gasteiger partial charge is 0.240 e. The summed E-state index contributed by atoms with van der Waals surface area (Å²) in [6, 6.07) is -0.354. The van der Waals surface area contributed by atoms with E-state index in [1.165, 1.54) is 0 Å². The minimum atomic E-state index is -0.549. The Kier molecular flexibility index (Phi) is 3.76. The molecule has 0 radical (unpaired) electrons. The fourth-order valence-electron chi connectivity index (χ4n) is 2.57. The number of hydrogen-bond donors (Lipinski definition) is 1. The second-order valence-electron chi connectivity index (χ2n) is 4.89. The summed E-state index contributed by atoms with van der Waals surface area (Å²) in [5.74, 6) is -0.139. The number of carbonyl (C=O) groups is 1.